The van der Waals surface area contributed by atoms with Crippen LogP contribution in [0.25, 0.3) is 0 Å². The molecule has 3 N–H and O–H groups in total. The Labute approximate surface area is 115 Å². The molecule has 19 heavy (non-hydrogen) atoms. The molecule has 4 nitrogen and oxygen atoms in total. The first-order valence-electron chi connectivity index (χ1n) is 6.88. The van der Waals surface area contributed by atoms with Gasteiger partial charge in [0.15, 0.2) is 0 Å². The zero-order valence-electron chi connectivity index (χ0n) is 11.8. The number of aryl methyl sites for hydroxylation is 1. The van der Waals surface area contributed by atoms with Crippen LogP contribution in [0.2, 0.25) is 0 Å². The second-order valence-corrected chi connectivity index (χ2v) is 5.23. The first-order valence-corrected chi connectivity index (χ1v) is 6.88. The Morgan fingerprint density at radius 2 is 1.95 bits per heavy atom. The third kappa shape index (κ3) is 3.08. The number of benzene rings is 1. The van der Waals surface area contributed by atoms with Gasteiger partial charge in [0.1, 0.15) is 5.75 Å². The molecule has 1 unspecified atom stereocenters. The van der Waals surface area contributed by atoms with Crippen LogP contribution in [0, 0.1) is 0 Å². The number of nitrogens with one attached hydrogen (secondary N) is 1. The second kappa shape index (κ2) is 6.37. The Morgan fingerprint density at radius 3 is 2.37 bits per heavy atom. The summed E-state index contributed by atoms with van der Waals surface area (Å²) in [7, 11) is 3.47. The molecule has 1 aromatic rings. The van der Waals surface area contributed by atoms with Crippen LogP contribution in [0.5, 0.6) is 5.75 Å². The zero-order chi connectivity index (χ0) is 13.7. The Bertz CT molecular complexity index is 382. The highest BCUT2D eigenvalue weighted by atomic mass is 16.5. The summed E-state index contributed by atoms with van der Waals surface area (Å²) in [4.78, 5) is 0. The molecule has 0 amide bonds. The fourth-order valence-corrected chi connectivity index (χ4v) is 2.82. The van der Waals surface area contributed by atoms with Gasteiger partial charge in [-0.25, -0.2) is 0 Å². The SMILES string of the molecule is COc1ccc(CCC(NN)C2(OC)CCC2)cc1. The van der Waals surface area contributed by atoms with Gasteiger partial charge in [0.25, 0.3) is 0 Å². The van der Waals surface area contributed by atoms with Gasteiger partial charge in [-0.15, -0.1) is 0 Å². The molecule has 2 rings (SSSR count). The second-order valence-electron chi connectivity index (χ2n) is 5.23. The number of ether oxygens (including phenoxy) is 2. The van der Waals surface area contributed by atoms with Gasteiger partial charge in [-0.05, 0) is 49.8 Å². The molecule has 1 fully saturated rings. The number of methoxy groups -OCH3 is 2. The molecule has 0 heterocycles. The van der Waals surface area contributed by atoms with Crippen LogP contribution in [-0.4, -0.2) is 25.9 Å². The predicted octanol–water partition coefficient (Wildman–Crippen LogP) is 2.03. The normalized spacial score (nSPS) is 18.7. The standard InChI is InChI=1S/C15H24N2O2/c1-18-13-7-4-12(5-8-13)6-9-14(17-16)15(19-2)10-3-11-15/h4-5,7-8,14,17H,3,6,9-11,16H2,1-2H3. The summed E-state index contributed by atoms with van der Waals surface area (Å²) in [5, 5.41) is 0. The Hall–Kier alpha value is -1.10. The Morgan fingerprint density at radius 1 is 1.26 bits per heavy atom. The largest absolute Gasteiger partial charge is 0.497 e. The van der Waals surface area contributed by atoms with Gasteiger partial charge in [-0.3, -0.25) is 11.3 Å². The van der Waals surface area contributed by atoms with Crippen molar-refractivity contribution in [2.24, 2.45) is 5.84 Å². The van der Waals surface area contributed by atoms with Crippen molar-refractivity contribution >= 4 is 0 Å². The molecule has 1 aliphatic carbocycles. The number of hydrogen-bond acceptors (Lipinski definition) is 4. The molecule has 1 saturated carbocycles. The van der Waals surface area contributed by atoms with Crippen LogP contribution in [0.3, 0.4) is 0 Å². The molecule has 0 aromatic heterocycles. The fourth-order valence-electron chi connectivity index (χ4n) is 2.82. The van der Waals surface area contributed by atoms with Gasteiger partial charge in [0, 0.05) is 7.11 Å². The summed E-state index contributed by atoms with van der Waals surface area (Å²) < 4.78 is 10.9. The Balaban J connectivity index is 1.92. The minimum atomic E-state index is -0.0543. The van der Waals surface area contributed by atoms with Gasteiger partial charge in [0.2, 0.25) is 0 Å². The average molecular weight is 264 g/mol. The van der Waals surface area contributed by atoms with Gasteiger partial charge in [-0.1, -0.05) is 12.1 Å². The molecule has 106 valence electrons. The molecular weight excluding hydrogens is 240 g/mol. The molecular formula is C15H24N2O2. The van der Waals surface area contributed by atoms with E-state index in [1.807, 2.05) is 12.1 Å². The maximum atomic E-state index is 5.70. The average Bonchev–Trinajstić information content (AvgIpc) is 2.42. The van der Waals surface area contributed by atoms with Crippen molar-refractivity contribution in [1.29, 1.82) is 0 Å². The van der Waals surface area contributed by atoms with Crippen molar-refractivity contribution in [3.05, 3.63) is 29.8 Å². The van der Waals surface area contributed by atoms with Gasteiger partial charge in [-0.2, -0.15) is 0 Å². The fraction of sp³-hybridized carbons (Fsp3) is 0.600. The van der Waals surface area contributed by atoms with Gasteiger partial charge < -0.3 is 9.47 Å². The third-order valence-corrected chi connectivity index (χ3v) is 4.32. The van der Waals surface area contributed by atoms with Crippen molar-refractivity contribution in [2.45, 2.75) is 43.7 Å². The number of nitrogens with two attached hydrogens (primary N) is 1. The summed E-state index contributed by atoms with van der Waals surface area (Å²) in [5.74, 6) is 6.60. The highest BCUT2D eigenvalue weighted by Gasteiger charge is 2.43. The van der Waals surface area contributed by atoms with Gasteiger partial charge >= 0.3 is 0 Å². The molecule has 0 aliphatic heterocycles. The summed E-state index contributed by atoms with van der Waals surface area (Å²) in [6.07, 6.45) is 5.40. The first kappa shape index (κ1) is 14.3. The van der Waals surface area contributed by atoms with Crippen LogP contribution in [0.15, 0.2) is 24.3 Å². The van der Waals surface area contributed by atoms with E-state index in [1.54, 1.807) is 14.2 Å². The third-order valence-electron chi connectivity index (χ3n) is 4.32. The predicted molar refractivity (Wildman–Crippen MR) is 76.0 cm³/mol. The highest BCUT2D eigenvalue weighted by molar-refractivity contribution is 5.27. The minimum absolute atomic E-state index is 0.0543. The van der Waals surface area contributed by atoms with E-state index in [0.29, 0.717) is 0 Å². The molecule has 0 saturated heterocycles. The first-order chi connectivity index (χ1) is 9.24. The monoisotopic (exact) mass is 264 g/mol. The summed E-state index contributed by atoms with van der Waals surface area (Å²) in [6, 6.07) is 8.42. The van der Waals surface area contributed by atoms with E-state index < -0.39 is 0 Å². The van der Waals surface area contributed by atoms with E-state index in [4.69, 9.17) is 15.3 Å². The number of hydrogen-bond donors (Lipinski definition) is 2. The van der Waals surface area contributed by atoms with E-state index in [-0.39, 0.29) is 11.6 Å². The molecule has 1 atom stereocenters. The van der Waals surface area contributed by atoms with Crippen LogP contribution in [0.4, 0.5) is 0 Å². The lowest BCUT2D eigenvalue weighted by atomic mass is 9.73. The van der Waals surface area contributed by atoms with E-state index >= 15 is 0 Å². The zero-order valence-corrected chi connectivity index (χ0v) is 11.8. The van der Waals surface area contributed by atoms with Crippen LogP contribution in [-0.2, 0) is 11.2 Å². The van der Waals surface area contributed by atoms with Crippen molar-refractivity contribution in [2.75, 3.05) is 14.2 Å². The summed E-state index contributed by atoms with van der Waals surface area (Å²) in [6.45, 7) is 0. The van der Waals surface area contributed by atoms with Crippen LogP contribution in [0.1, 0.15) is 31.2 Å². The van der Waals surface area contributed by atoms with Crippen molar-refractivity contribution < 1.29 is 9.47 Å². The smallest absolute Gasteiger partial charge is 0.118 e. The molecule has 0 radical (unpaired) electrons. The van der Waals surface area contributed by atoms with Crippen LogP contribution < -0.4 is 16.0 Å². The lowest BCUT2D eigenvalue weighted by Gasteiger charge is -2.46. The molecule has 0 bridgehead atoms. The highest BCUT2D eigenvalue weighted by Crippen LogP contribution is 2.39. The molecule has 1 aliphatic rings. The number of rotatable bonds is 7. The lowest BCUT2D eigenvalue weighted by Crippen LogP contribution is -2.58. The van der Waals surface area contributed by atoms with Gasteiger partial charge in [0.05, 0.1) is 18.8 Å². The molecule has 4 heteroatoms. The summed E-state index contributed by atoms with van der Waals surface area (Å²) in [5.41, 5.74) is 4.18. The maximum Gasteiger partial charge on any atom is 0.118 e. The minimum Gasteiger partial charge on any atom is -0.497 e. The van der Waals surface area contributed by atoms with E-state index in [2.05, 4.69) is 17.6 Å². The Kier molecular flexibility index (Phi) is 4.80. The maximum absolute atomic E-state index is 5.70. The van der Waals surface area contributed by atoms with E-state index in [1.165, 1.54) is 12.0 Å². The molecule has 1 aromatic carbocycles. The topological polar surface area (TPSA) is 56.5 Å². The van der Waals surface area contributed by atoms with E-state index in [0.717, 1.165) is 31.4 Å². The van der Waals surface area contributed by atoms with Crippen molar-refractivity contribution in [3.8, 4) is 5.75 Å². The quantitative estimate of drug-likeness (QED) is 0.584. The van der Waals surface area contributed by atoms with Crippen molar-refractivity contribution in [1.82, 2.24) is 5.43 Å². The van der Waals surface area contributed by atoms with Crippen LogP contribution >= 0.6 is 0 Å². The molecule has 0 spiro atoms. The number of hydrazine groups is 1. The lowest BCUT2D eigenvalue weighted by molar-refractivity contribution is -0.0999. The van der Waals surface area contributed by atoms with Crippen molar-refractivity contribution in [3.63, 3.8) is 0 Å². The summed E-state index contributed by atoms with van der Waals surface area (Å²) >= 11 is 0. The van der Waals surface area contributed by atoms with E-state index in [9.17, 15) is 0 Å².